The molecule has 1 aromatic carbocycles. The van der Waals surface area contributed by atoms with E-state index in [9.17, 15) is 9.59 Å². The van der Waals surface area contributed by atoms with Crippen LogP contribution < -0.4 is 5.32 Å². The van der Waals surface area contributed by atoms with E-state index in [0.717, 1.165) is 23.3 Å². The van der Waals surface area contributed by atoms with Gasteiger partial charge in [0.15, 0.2) is 0 Å². The van der Waals surface area contributed by atoms with Gasteiger partial charge in [0.1, 0.15) is 5.76 Å². The number of halogens is 1. The highest BCUT2D eigenvalue weighted by Gasteiger charge is 2.30. The molecule has 3 heterocycles. The van der Waals surface area contributed by atoms with Gasteiger partial charge in [0, 0.05) is 35.6 Å². The Morgan fingerprint density at radius 3 is 2.40 bits per heavy atom. The summed E-state index contributed by atoms with van der Waals surface area (Å²) in [7, 11) is 0. The van der Waals surface area contributed by atoms with Crippen LogP contribution in [0.4, 0.5) is 0 Å². The van der Waals surface area contributed by atoms with E-state index < -0.39 is 0 Å². The summed E-state index contributed by atoms with van der Waals surface area (Å²) in [5.41, 5.74) is 0.688. The molecule has 6 nitrogen and oxygen atoms in total. The number of amides is 2. The second-order valence-electron chi connectivity index (χ2n) is 8.09. The van der Waals surface area contributed by atoms with Crippen LogP contribution in [0.25, 0.3) is 0 Å². The van der Waals surface area contributed by atoms with Gasteiger partial charge in [-0.15, -0.1) is 0 Å². The highest BCUT2D eigenvalue weighted by molar-refractivity contribution is 9.10. The Bertz CT molecular complexity index is 839. The first-order chi connectivity index (χ1) is 14.6. The standard InChI is InChI=1S/C23H28BrN3O3/c24-19-7-5-18(6-8-19)23(29)27-13-9-17(10-14-27)22(28)25-16-20(21-4-3-15-30-21)26-11-1-2-12-26/h3-8,15,17,20H,1-2,9-14,16H2,(H,25,28)/t20-/m1/s1. The zero-order valence-corrected chi connectivity index (χ0v) is 18.6. The molecule has 0 unspecified atom stereocenters. The van der Waals surface area contributed by atoms with Gasteiger partial charge < -0.3 is 14.6 Å². The lowest BCUT2D eigenvalue weighted by Crippen LogP contribution is -2.44. The van der Waals surface area contributed by atoms with Crippen molar-refractivity contribution in [3.63, 3.8) is 0 Å². The van der Waals surface area contributed by atoms with E-state index in [1.165, 1.54) is 12.8 Å². The van der Waals surface area contributed by atoms with Crippen molar-refractivity contribution in [2.45, 2.75) is 31.7 Å². The number of rotatable bonds is 6. The molecule has 0 saturated carbocycles. The Kier molecular flexibility index (Phi) is 6.89. The molecule has 1 atom stereocenters. The second kappa shape index (κ2) is 9.79. The Labute approximate surface area is 185 Å². The van der Waals surface area contributed by atoms with Crippen LogP contribution in [0.3, 0.4) is 0 Å². The quantitative estimate of drug-likeness (QED) is 0.691. The number of carbonyl (C=O) groups is 2. The van der Waals surface area contributed by atoms with Gasteiger partial charge in [-0.3, -0.25) is 14.5 Å². The monoisotopic (exact) mass is 473 g/mol. The number of nitrogens with one attached hydrogen (secondary N) is 1. The zero-order chi connectivity index (χ0) is 20.9. The van der Waals surface area contributed by atoms with Gasteiger partial charge in [0.05, 0.1) is 12.3 Å². The number of piperidine rings is 1. The Morgan fingerprint density at radius 1 is 1.07 bits per heavy atom. The van der Waals surface area contributed by atoms with Crippen LogP contribution in [0.5, 0.6) is 0 Å². The summed E-state index contributed by atoms with van der Waals surface area (Å²) in [4.78, 5) is 29.7. The minimum atomic E-state index is -0.0465. The smallest absolute Gasteiger partial charge is 0.253 e. The molecule has 2 fully saturated rings. The van der Waals surface area contributed by atoms with Crippen molar-refractivity contribution < 1.29 is 14.0 Å². The fourth-order valence-electron chi connectivity index (χ4n) is 4.41. The van der Waals surface area contributed by atoms with E-state index in [2.05, 4.69) is 26.1 Å². The summed E-state index contributed by atoms with van der Waals surface area (Å²) in [6.07, 6.45) is 5.47. The molecule has 1 aromatic heterocycles. The van der Waals surface area contributed by atoms with Crippen LogP contribution in [-0.4, -0.2) is 54.3 Å². The lowest BCUT2D eigenvalue weighted by molar-refractivity contribution is -0.126. The molecule has 2 aliphatic heterocycles. The highest BCUT2D eigenvalue weighted by Crippen LogP contribution is 2.26. The van der Waals surface area contributed by atoms with Gasteiger partial charge >= 0.3 is 0 Å². The lowest BCUT2D eigenvalue weighted by Gasteiger charge is -2.32. The molecule has 0 bridgehead atoms. The molecule has 0 aliphatic carbocycles. The first kappa shape index (κ1) is 21.1. The van der Waals surface area contributed by atoms with E-state index >= 15 is 0 Å². The molecule has 2 aliphatic rings. The van der Waals surface area contributed by atoms with Gasteiger partial charge in [0.25, 0.3) is 5.91 Å². The van der Waals surface area contributed by atoms with Crippen LogP contribution in [0.2, 0.25) is 0 Å². The molecular formula is C23H28BrN3O3. The van der Waals surface area contributed by atoms with Gasteiger partial charge in [0.2, 0.25) is 5.91 Å². The topological polar surface area (TPSA) is 65.8 Å². The predicted octanol–water partition coefficient (Wildman–Crippen LogP) is 3.85. The number of hydrogen-bond acceptors (Lipinski definition) is 4. The summed E-state index contributed by atoms with van der Waals surface area (Å²) >= 11 is 3.39. The van der Waals surface area contributed by atoms with Gasteiger partial charge in [-0.2, -0.15) is 0 Å². The van der Waals surface area contributed by atoms with Gasteiger partial charge in [-0.05, 0) is 75.2 Å². The molecular weight excluding hydrogens is 446 g/mol. The SMILES string of the molecule is O=C(NC[C@H](c1ccco1)N1CCCC1)C1CCN(C(=O)c2ccc(Br)cc2)CC1. The van der Waals surface area contributed by atoms with Crippen molar-refractivity contribution in [2.75, 3.05) is 32.7 Å². The maximum Gasteiger partial charge on any atom is 0.253 e. The fraction of sp³-hybridized carbons (Fsp3) is 0.478. The average molecular weight is 474 g/mol. The molecule has 2 amide bonds. The zero-order valence-electron chi connectivity index (χ0n) is 17.1. The minimum Gasteiger partial charge on any atom is -0.468 e. The van der Waals surface area contributed by atoms with E-state index in [1.807, 2.05) is 41.3 Å². The Hall–Kier alpha value is -2.12. The van der Waals surface area contributed by atoms with E-state index in [4.69, 9.17) is 4.42 Å². The largest absolute Gasteiger partial charge is 0.468 e. The molecule has 4 rings (SSSR count). The minimum absolute atomic E-state index is 0.0354. The molecule has 1 N–H and O–H groups in total. The predicted molar refractivity (Wildman–Crippen MR) is 118 cm³/mol. The summed E-state index contributed by atoms with van der Waals surface area (Å²) in [5.74, 6) is 0.983. The van der Waals surface area contributed by atoms with Crippen LogP contribution >= 0.6 is 15.9 Å². The lowest BCUT2D eigenvalue weighted by atomic mass is 9.95. The van der Waals surface area contributed by atoms with Crippen molar-refractivity contribution in [3.05, 3.63) is 58.5 Å². The third-order valence-electron chi connectivity index (χ3n) is 6.17. The normalized spacial score (nSPS) is 19.0. The number of benzene rings is 1. The first-order valence-corrected chi connectivity index (χ1v) is 11.5. The van der Waals surface area contributed by atoms with Crippen molar-refractivity contribution in [2.24, 2.45) is 5.92 Å². The molecule has 7 heteroatoms. The molecule has 0 radical (unpaired) electrons. The molecule has 160 valence electrons. The van der Waals surface area contributed by atoms with E-state index in [-0.39, 0.29) is 23.8 Å². The fourth-order valence-corrected chi connectivity index (χ4v) is 4.67. The highest BCUT2D eigenvalue weighted by atomic mass is 79.9. The Morgan fingerprint density at radius 2 is 1.77 bits per heavy atom. The maximum absolute atomic E-state index is 12.8. The summed E-state index contributed by atoms with van der Waals surface area (Å²) in [6.45, 7) is 3.86. The maximum atomic E-state index is 12.8. The van der Waals surface area contributed by atoms with Crippen molar-refractivity contribution in [1.82, 2.24) is 15.1 Å². The average Bonchev–Trinajstić information content (AvgIpc) is 3.49. The van der Waals surface area contributed by atoms with Gasteiger partial charge in [-0.1, -0.05) is 15.9 Å². The van der Waals surface area contributed by atoms with Crippen molar-refractivity contribution >= 4 is 27.7 Å². The molecule has 2 saturated heterocycles. The van der Waals surface area contributed by atoms with Crippen LogP contribution in [0.15, 0.2) is 51.6 Å². The third kappa shape index (κ3) is 4.95. The molecule has 0 spiro atoms. The van der Waals surface area contributed by atoms with Crippen molar-refractivity contribution in [1.29, 1.82) is 0 Å². The van der Waals surface area contributed by atoms with E-state index in [0.29, 0.717) is 38.0 Å². The number of likely N-dealkylation sites (tertiary alicyclic amines) is 2. The first-order valence-electron chi connectivity index (χ1n) is 10.7. The second-order valence-corrected chi connectivity index (χ2v) is 9.01. The van der Waals surface area contributed by atoms with Crippen molar-refractivity contribution in [3.8, 4) is 0 Å². The number of furan rings is 1. The number of nitrogens with zero attached hydrogens (tertiary/aromatic N) is 2. The Balaban J connectivity index is 1.28. The summed E-state index contributed by atoms with van der Waals surface area (Å²) in [6, 6.07) is 11.4. The third-order valence-corrected chi connectivity index (χ3v) is 6.70. The summed E-state index contributed by atoms with van der Waals surface area (Å²) < 4.78 is 6.59. The van der Waals surface area contributed by atoms with Crippen LogP contribution in [-0.2, 0) is 4.79 Å². The van der Waals surface area contributed by atoms with E-state index in [1.54, 1.807) is 6.26 Å². The number of hydrogen-bond donors (Lipinski definition) is 1. The van der Waals surface area contributed by atoms with Crippen LogP contribution in [0, 0.1) is 5.92 Å². The summed E-state index contributed by atoms with van der Waals surface area (Å²) in [5, 5.41) is 3.15. The van der Waals surface area contributed by atoms with Gasteiger partial charge in [-0.25, -0.2) is 0 Å². The van der Waals surface area contributed by atoms with Crippen LogP contribution in [0.1, 0.15) is 47.8 Å². The molecule has 2 aromatic rings. The molecule has 30 heavy (non-hydrogen) atoms. The number of carbonyl (C=O) groups excluding carboxylic acids is 2.